The summed E-state index contributed by atoms with van der Waals surface area (Å²) >= 11 is 0. The number of hydrogen-bond donors (Lipinski definition) is 0. The van der Waals surface area contributed by atoms with E-state index in [2.05, 4.69) is 223 Å². The van der Waals surface area contributed by atoms with E-state index >= 15 is 0 Å². The average molecular weight is 726 g/mol. The molecule has 0 amide bonds. The zero-order valence-corrected chi connectivity index (χ0v) is 31.5. The molecule has 0 saturated carbocycles. The molecule has 0 saturated heterocycles. The van der Waals surface area contributed by atoms with Crippen LogP contribution in [0, 0.1) is 0 Å². The first-order valence-corrected chi connectivity index (χ1v) is 19.9. The molecule has 1 heteroatoms. The van der Waals surface area contributed by atoms with E-state index in [1.54, 1.807) is 0 Å². The van der Waals surface area contributed by atoms with Crippen LogP contribution in [-0.2, 0) is 6.42 Å². The van der Waals surface area contributed by atoms with Crippen molar-refractivity contribution in [1.29, 1.82) is 0 Å². The van der Waals surface area contributed by atoms with Crippen LogP contribution in [0.4, 0.5) is 0 Å². The summed E-state index contributed by atoms with van der Waals surface area (Å²) in [5.74, 6) is 0.327. The number of fused-ring (bicyclic) bond motifs is 6. The highest BCUT2D eigenvalue weighted by Gasteiger charge is 2.29. The largest absolute Gasteiger partial charge is 0.309 e. The lowest BCUT2D eigenvalue weighted by atomic mass is 9.88. The first kappa shape index (κ1) is 33.1. The Kier molecular flexibility index (Phi) is 8.03. The second kappa shape index (κ2) is 13.8. The number of aromatic nitrogens is 1. The maximum Gasteiger partial charge on any atom is 0.0541 e. The fourth-order valence-electron chi connectivity index (χ4n) is 9.17. The van der Waals surface area contributed by atoms with E-state index in [0.29, 0.717) is 5.92 Å². The van der Waals surface area contributed by atoms with E-state index < -0.39 is 0 Å². The number of rotatable bonds is 7. The molecule has 1 aliphatic rings. The molecule has 1 atom stereocenters. The first-order valence-electron chi connectivity index (χ1n) is 19.9. The van der Waals surface area contributed by atoms with Gasteiger partial charge in [0.1, 0.15) is 0 Å². The van der Waals surface area contributed by atoms with Crippen LogP contribution in [0.1, 0.15) is 22.6 Å². The third-order valence-corrected chi connectivity index (χ3v) is 12.0. The molecule has 0 spiro atoms. The Balaban J connectivity index is 0.898. The van der Waals surface area contributed by atoms with Gasteiger partial charge >= 0.3 is 0 Å². The molecule has 0 fully saturated rings. The van der Waals surface area contributed by atoms with Crippen molar-refractivity contribution < 1.29 is 0 Å². The van der Waals surface area contributed by atoms with Gasteiger partial charge in [-0.1, -0.05) is 182 Å². The highest BCUT2D eigenvalue weighted by atomic mass is 15.0. The molecular weight excluding hydrogens is 687 g/mol. The van der Waals surface area contributed by atoms with E-state index in [1.165, 1.54) is 99.8 Å². The van der Waals surface area contributed by atoms with Crippen LogP contribution >= 0.6 is 0 Å². The second-order valence-corrected chi connectivity index (χ2v) is 15.3. The fraction of sp³-hybridized carbons (Fsp3) is 0.0357. The monoisotopic (exact) mass is 725 g/mol. The van der Waals surface area contributed by atoms with Crippen LogP contribution in [0.2, 0.25) is 0 Å². The van der Waals surface area contributed by atoms with Gasteiger partial charge < -0.3 is 4.57 Å². The lowest BCUT2D eigenvalue weighted by Crippen LogP contribution is -2.01. The summed E-state index contributed by atoms with van der Waals surface area (Å²) in [6.07, 6.45) is 0.974. The molecule has 268 valence electrons. The predicted octanol–water partition coefficient (Wildman–Crippen LogP) is 14.8. The topological polar surface area (TPSA) is 4.93 Å². The van der Waals surface area contributed by atoms with E-state index in [-0.39, 0.29) is 0 Å². The molecular formula is C56H39N. The van der Waals surface area contributed by atoms with Gasteiger partial charge in [-0.25, -0.2) is 0 Å². The highest BCUT2D eigenvalue weighted by Crippen LogP contribution is 2.48. The minimum atomic E-state index is 0.327. The molecule has 1 nitrogen and oxygen atoms in total. The summed E-state index contributed by atoms with van der Waals surface area (Å²) in [5, 5.41) is 2.52. The Morgan fingerprint density at radius 1 is 0.316 bits per heavy atom. The molecule has 1 aliphatic carbocycles. The number of para-hydroxylation sites is 1. The molecule has 0 unspecified atom stereocenters. The molecule has 0 bridgehead atoms. The average Bonchev–Trinajstić information content (AvgIpc) is 3.79. The van der Waals surface area contributed by atoms with Crippen molar-refractivity contribution in [2.75, 3.05) is 0 Å². The zero-order valence-electron chi connectivity index (χ0n) is 31.5. The molecule has 0 aliphatic heterocycles. The van der Waals surface area contributed by atoms with Crippen LogP contribution in [-0.4, -0.2) is 4.57 Å². The Morgan fingerprint density at radius 3 is 1.60 bits per heavy atom. The van der Waals surface area contributed by atoms with Crippen molar-refractivity contribution in [2.45, 2.75) is 12.3 Å². The van der Waals surface area contributed by atoms with Gasteiger partial charge in [0.25, 0.3) is 0 Å². The van der Waals surface area contributed by atoms with Crippen LogP contribution in [0.5, 0.6) is 0 Å². The summed E-state index contributed by atoms with van der Waals surface area (Å²) in [7, 11) is 0. The van der Waals surface area contributed by atoms with Gasteiger partial charge in [-0.05, 0) is 115 Å². The molecule has 0 radical (unpaired) electrons. The Bertz CT molecular complexity index is 3060. The lowest BCUT2D eigenvalue weighted by Gasteiger charge is -2.15. The predicted molar refractivity (Wildman–Crippen MR) is 240 cm³/mol. The van der Waals surface area contributed by atoms with Crippen molar-refractivity contribution in [3.63, 3.8) is 0 Å². The first-order chi connectivity index (χ1) is 28.2. The Labute approximate surface area is 333 Å². The van der Waals surface area contributed by atoms with Gasteiger partial charge in [0.2, 0.25) is 0 Å². The minimum absolute atomic E-state index is 0.327. The standard InChI is InChI=1S/C56H39N/c1-3-13-39(14-4-1)41-26-30-47(31-27-41)57-55-21-10-9-20-51(55)54-37-46(29-33-56(54)57)43-24-22-42(23-25-43)45-28-32-50-52(48-18-7-8-19-49(48)53(50)36-45)35-38-12-11-17-44(34-38)40-15-5-2-6-16-40/h1-34,36-37,52H,35H2/t52-/m1/s1. The number of hydrogen-bond acceptors (Lipinski definition) is 0. The van der Waals surface area contributed by atoms with Gasteiger partial charge in [0, 0.05) is 22.4 Å². The van der Waals surface area contributed by atoms with Gasteiger partial charge in [0.05, 0.1) is 11.0 Å². The summed E-state index contributed by atoms with van der Waals surface area (Å²) < 4.78 is 2.39. The van der Waals surface area contributed by atoms with Crippen LogP contribution < -0.4 is 0 Å². The molecule has 1 aromatic heterocycles. The van der Waals surface area contributed by atoms with Gasteiger partial charge in [-0.2, -0.15) is 0 Å². The third-order valence-electron chi connectivity index (χ3n) is 12.0. The fourth-order valence-corrected chi connectivity index (χ4v) is 9.17. The van der Waals surface area contributed by atoms with Gasteiger partial charge in [-0.15, -0.1) is 0 Å². The maximum absolute atomic E-state index is 2.41. The summed E-state index contributed by atoms with van der Waals surface area (Å²) in [4.78, 5) is 0. The maximum atomic E-state index is 2.41. The molecule has 57 heavy (non-hydrogen) atoms. The van der Waals surface area contributed by atoms with E-state index in [0.717, 1.165) is 6.42 Å². The molecule has 0 N–H and O–H groups in total. The van der Waals surface area contributed by atoms with Gasteiger partial charge in [-0.3, -0.25) is 0 Å². The van der Waals surface area contributed by atoms with E-state index in [9.17, 15) is 0 Å². The van der Waals surface area contributed by atoms with Crippen molar-refractivity contribution >= 4 is 21.8 Å². The summed E-state index contributed by atoms with van der Waals surface area (Å²) in [6.45, 7) is 0. The number of nitrogens with zero attached hydrogens (tertiary/aromatic N) is 1. The van der Waals surface area contributed by atoms with Crippen molar-refractivity contribution in [3.8, 4) is 61.3 Å². The van der Waals surface area contributed by atoms with Crippen LogP contribution in [0.15, 0.2) is 218 Å². The Morgan fingerprint density at radius 2 is 0.825 bits per heavy atom. The smallest absolute Gasteiger partial charge is 0.0541 e. The second-order valence-electron chi connectivity index (χ2n) is 15.3. The molecule has 1 heterocycles. The third kappa shape index (κ3) is 5.88. The van der Waals surface area contributed by atoms with Crippen molar-refractivity contribution in [2.24, 2.45) is 0 Å². The molecule has 11 rings (SSSR count). The SMILES string of the molecule is c1ccc(-c2ccc(-n3c4ccccc4c4cc(-c5ccc(-c6ccc7c(c6)-c6ccccc6[C@H]7Cc6cccc(-c7ccccc7)c6)cc5)ccc43)cc2)cc1. The van der Waals surface area contributed by atoms with Crippen molar-refractivity contribution in [1.82, 2.24) is 4.57 Å². The Hall–Kier alpha value is -7.22. The van der Waals surface area contributed by atoms with E-state index in [1.807, 2.05) is 0 Å². The summed E-state index contributed by atoms with van der Waals surface area (Å²) in [6, 6.07) is 80.2. The molecule has 10 aromatic rings. The highest BCUT2D eigenvalue weighted by molar-refractivity contribution is 6.10. The van der Waals surface area contributed by atoms with Gasteiger partial charge in [0.15, 0.2) is 0 Å². The number of benzene rings is 9. The van der Waals surface area contributed by atoms with E-state index in [4.69, 9.17) is 0 Å². The summed E-state index contributed by atoms with van der Waals surface area (Å²) in [5.41, 5.74) is 20.4. The quantitative estimate of drug-likeness (QED) is 0.154. The van der Waals surface area contributed by atoms with Crippen molar-refractivity contribution in [3.05, 3.63) is 235 Å². The molecule has 9 aromatic carbocycles. The minimum Gasteiger partial charge on any atom is -0.309 e. The zero-order chi connectivity index (χ0) is 37.7. The lowest BCUT2D eigenvalue weighted by molar-refractivity contribution is 0.827. The van der Waals surface area contributed by atoms with Crippen LogP contribution in [0.25, 0.3) is 83.1 Å². The normalized spacial score (nSPS) is 13.2. The van der Waals surface area contributed by atoms with Crippen LogP contribution in [0.3, 0.4) is 0 Å².